The standard InChI is InChI=1S/C13H17FN2O2.ClH/c1-9-2-3-12(14)11(6-9)13(17)16-4-5-18-10(7-15)8-16;/h2-3,6,10H,4-5,7-8,15H2,1H3;1H. The Balaban J connectivity index is 0.00000180. The van der Waals surface area contributed by atoms with Crippen LogP contribution in [0.5, 0.6) is 0 Å². The molecule has 1 aliphatic heterocycles. The van der Waals surface area contributed by atoms with E-state index >= 15 is 0 Å². The second-order valence-corrected chi connectivity index (χ2v) is 4.46. The highest BCUT2D eigenvalue weighted by atomic mass is 35.5. The third-order valence-electron chi connectivity index (χ3n) is 3.04. The molecule has 1 fully saturated rings. The Labute approximate surface area is 118 Å². The molecule has 0 radical (unpaired) electrons. The Morgan fingerprint density at radius 2 is 2.32 bits per heavy atom. The molecule has 2 N–H and O–H groups in total. The molecule has 1 heterocycles. The molecule has 6 heteroatoms. The van der Waals surface area contributed by atoms with E-state index in [9.17, 15) is 9.18 Å². The van der Waals surface area contributed by atoms with Gasteiger partial charge in [0.25, 0.3) is 5.91 Å². The molecule has 1 amide bonds. The summed E-state index contributed by atoms with van der Waals surface area (Å²) in [6, 6.07) is 4.54. The van der Waals surface area contributed by atoms with Crippen LogP contribution in [0.3, 0.4) is 0 Å². The average Bonchev–Trinajstić information content (AvgIpc) is 2.41. The number of morpholine rings is 1. The molecule has 1 aromatic rings. The van der Waals surface area contributed by atoms with Crippen molar-refractivity contribution in [2.75, 3.05) is 26.2 Å². The van der Waals surface area contributed by atoms with Gasteiger partial charge in [0, 0.05) is 19.6 Å². The fourth-order valence-corrected chi connectivity index (χ4v) is 2.02. The van der Waals surface area contributed by atoms with E-state index in [2.05, 4.69) is 0 Å². The number of hydrogen-bond acceptors (Lipinski definition) is 3. The molecule has 2 rings (SSSR count). The molecule has 1 aliphatic rings. The van der Waals surface area contributed by atoms with Crippen molar-refractivity contribution in [1.29, 1.82) is 0 Å². The van der Waals surface area contributed by atoms with Crippen LogP contribution in [0.4, 0.5) is 4.39 Å². The van der Waals surface area contributed by atoms with Gasteiger partial charge in [-0.3, -0.25) is 4.79 Å². The van der Waals surface area contributed by atoms with Gasteiger partial charge in [-0.05, 0) is 19.1 Å². The molecule has 1 unspecified atom stereocenters. The second kappa shape index (κ2) is 6.84. The third-order valence-corrected chi connectivity index (χ3v) is 3.04. The number of nitrogens with zero attached hydrogens (tertiary/aromatic N) is 1. The number of hydrogen-bond donors (Lipinski definition) is 1. The van der Waals surface area contributed by atoms with Crippen molar-refractivity contribution < 1.29 is 13.9 Å². The van der Waals surface area contributed by atoms with Crippen molar-refractivity contribution in [3.8, 4) is 0 Å². The average molecular weight is 289 g/mol. The fourth-order valence-electron chi connectivity index (χ4n) is 2.02. The SMILES string of the molecule is Cc1ccc(F)c(C(=O)N2CCOC(CN)C2)c1.Cl. The monoisotopic (exact) mass is 288 g/mol. The Bertz CT molecular complexity index is 456. The highest BCUT2D eigenvalue weighted by molar-refractivity contribution is 5.94. The van der Waals surface area contributed by atoms with Gasteiger partial charge < -0.3 is 15.4 Å². The van der Waals surface area contributed by atoms with Crippen LogP contribution >= 0.6 is 12.4 Å². The van der Waals surface area contributed by atoms with E-state index in [-0.39, 0.29) is 30.0 Å². The van der Waals surface area contributed by atoms with Crippen molar-refractivity contribution in [3.05, 3.63) is 35.1 Å². The molecule has 1 saturated heterocycles. The van der Waals surface area contributed by atoms with E-state index < -0.39 is 5.82 Å². The minimum atomic E-state index is -0.485. The molecular weight excluding hydrogens is 271 g/mol. The lowest BCUT2D eigenvalue weighted by atomic mass is 10.1. The maximum atomic E-state index is 13.7. The molecule has 1 aromatic carbocycles. The van der Waals surface area contributed by atoms with Crippen LogP contribution in [-0.2, 0) is 4.74 Å². The Kier molecular flexibility index (Phi) is 5.72. The van der Waals surface area contributed by atoms with Gasteiger partial charge in [-0.1, -0.05) is 11.6 Å². The van der Waals surface area contributed by atoms with Gasteiger partial charge in [0.05, 0.1) is 18.3 Å². The van der Waals surface area contributed by atoms with Crippen molar-refractivity contribution in [3.63, 3.8) is 0 Å². The summed E-state index contributed by atoms with van der Waals surface area (Å²) in [6.07, 6.45) is -0.157. The summed E-state index contributed by atoms with van der Waals surface area (Å²) in [5.41, 5.74) is 6.50. The van der Waals surface area contributed by atoms with Gasteiger partial charge in [-0.2, -0.15) is 0 Å². The van der Waals surface area contributed by atoms with Crippen LogP contribution in [-0.4, -0.2) is 43.2 Å². The van der Waals surface area contributed by atoms with Crippen LogP contribution in [0.1, 0.15) is 15.9 Å². The maximum Gasteiger partial charge on any atom is 0.257 e. The van der Waals surface area contributed by atoms with E-state index in [4.69, 9.17) is 10.5 Å². The smallest absolute Gasteiger partial charge is 0.257 e. The van der Waals surface area contributed by atoms with Crippen LogP contribution < -0.4 is 5.73 Å². The summed E-state index contributed by atoms with van der Waals surface area (Å²) in [5, 5.41) is 0. The topological polar surface area (TPSA) is 55.6 Å². The number of amides is 1. The summed E-state index contributed by atoms with van der Waals surface area (Å²) in [5.74, 6) is -0.778. The summed E-state index contributed by atoms with van der Waals surface area (Å²) in [4.78, 5) is 13.8. The van der Waals surface area contributed by atoms with Crippen LogP contribution in [0, 0.1) is 12.7 Å². The van der Waals surface area contributed by atoms with Gasteiger partial charge >= 0.3 is 0 Å². The molecule has 1 atom stereocenters. The first-order valence-corrected chi connectivity index (χ1v) is 5.99. The number of aryl methyl sites for hydroxylation is 1. The van der Waals surface area contributed by atoms with Crippen molar-refractivity contribution in [2.24, 2.45) is 5.73 Å². The Hall–Kier alpha value is -1.17. The Morgan fingerprint density at radius 1 is 1.58 bits per heavy atom. The van der Waals surface area contributed by atoms with Gasteiger partial charge in [-0.15, -0.1) is 12.4 Å². The molecule has 0 bridgehead atoms. The lowest BCUT2D eigenvalue weighted by Gasteiger charge is -2.32. The first-order valence-electron chi connectivity index (χ1n) is 5.99. The number of ether oxygens (including phenoxy) is 1. The first-order chi connectivity index (χ1) is 8.61. The van der Waals surface area contributed by atoms with E-state index in [0.717, 1.165) is 5.56 Å². The van der Waals surface area contributed by atoms with E-state index in [0.29, 0.717) is 26.2 Å². The van der Waals surface area contributed by atoms with Gasteiger partial charge in [0.15, 0.2) is 0 Å². The van der Waals surface area contributed by atoms with E-state index in [1.54, 1.807) is 17.0 Å². The molecule has 0 spiro atoms. The Morgan fingerprint density at radius 3 is 3.00 bits per heavy atom. The van der Waals surface area contributed by atoms with Gasteiger partial charge in [-0.25, -0.2) is 4.39 Å². The van der Waals surface area contributed by atoms with E-state index in [1.165, 1.54) is 6.07 Å². The number of nitrogens with two attached hydrogens (primary N) is 1. The molecule has 0 aromatic heterocycles. The zero-order valence-electron chi connectivity index (χ0n) is 10.8. The highest BCUT2D eigenvalue weighted by Crippen LogP contribution is 2.15. The number of carbonyl (C=O) groups excluding carboxylic acids is 1. The lowest BCUT2D eigenvalue weighted by molar-refractivity contribution is -0.0169. The molecule has 19 heavy (non-hydrogen) atoms. The maximum absolute atomic E-state index is 13.7. The van der Waals surface area contributed by atoms with E-state index in [1.807, 2.05) is 6.92 Å². The molecule has 106 valence electrons. The van der Waals surface area contributed by atoms with Crippen molar-refractivity contribution in [2.45, 2.75) is 13.0 Å². The number of halogens is 2. The highest BCUT2D eigenvalue weighted by Gasteiger charge is 2.25. The third kappa shape index (κ3) is 3.65. The van der Waals surface area contributed by atoms with Gasteiger partial charge in [0.1, 0.15) is 5.82 Å². The quantitative estimate of drug-likeness (QED) is 0.894. The molecular formula is C13H18ClFN2O2. The molecule has 4 nitrogen and oxygen atoms in total. The normalized spacial score (nSPS) is 18.9. The summed E-state index contributed by atoms with van der Waals surface area (Å²) in [7, 11) is 0. The summed E-state index contributed by atoms with van der Waals surface area (Å²) in [6.45, 7) is 3.53. The van der Waals surface area contributed by atoms with Crippen LogP contribution in [0.15, 0.2) is 18.2 Å². The van der Waals surface area contributed by atoms with Crippen molar-refractivity contribution in [1.82, 2.24) is 4.90 Å². The molecule has 0 saturated carbocycles. The minimum Gasteiger partial charge on any atom is -0.373 e. The largest absolute Gasteiger partial charge is 0.373 e. The predicted octanol–water partition coefficient (Wildman–Crippen LogP) is 1.36. The fraction of sp³-hybridized carbons (Fsp3) is 0.462. The van der Waals surface area contributed by atoms with Crippen LogP contribution in [0.25, 0.3) is 0 Å². The number of carbonyl (C=O) groups is 1. The molecule has 0 aliphatic carbocycles. The zero-order chi connectivity index (χ0) is 13.1. The number of rotatable bonds is 2. The summed E-state index contributed by atoms with van der Waals surface area (Å²) < 4.78 is 19.0. The second-order valence-electron chi connectivity index (χ2n) is 4.46. The van der Waals surface area contributed by atoms with Gasteiger partial charge in [0.2, 0.25) is 0 Å². The zero-order valence-corrected chi connectivity index (χ0v) is 11.6. The number of benzene rings is 1. The first kappa shape index (κ1) is 15.9. The van der Waals surface area contributed by atoms with Crippen molar-refractivity contribution >= 4 is 18.3 Å². The minimum absolute atomic E-state index is 0. The predicted molar refractivity (Wildman–Crippen MR) is 73.1 cm³/mol. The summed E-state index contributed by atoms with van der Waals surface area (Å²) >= 11 is 0. The lowest BCUT2D eigenvalue weighted by Crippen LogP contribution is -2.48. The van der Waals surface area contributed by atoms with Crippen LogP contribution in [0.2, 0.25) is 0 Å².